The summed E-state index contributed by atoms with van der Waals surface area (Å²) in [5, 5.41) is 12.3. The van der Waals surface area contributed by atoms with E-state index in [2.05, 4.69) is 65.2 Å². The molecule has 0 aliphatic carbocycles. The van der Waals surface area contributed by atoms with E-state index >= 15 is 0 Å². The van der Waals surface area contributed by atoms with Gasteiger partial charge in [0.2, 0.25) is 0 Å². The summed E-state index contributed by atoms with van der Waals surface area (Å²) >= 11 is 5.57. The van der Waals surface area contributed by atoms with Crippen LogP contribution in [-0.2, 0) is 0 Å². The highest BCUT2D eigenvalue weighted by Crippen LogP contribution is 2.35. The Morgan fingerprint density at radius 3 is 2.13 bits per heavy atom. The summed E-state index contributed by atoms with van der Waals surface area (Å²) in [6, 6.07) is 30.9. The van der Waals surface area contributed by atoms with Gasteiger partial charge in [-0.25, -0.2) is 4.68 Å². The molecule has 1 atom stereocenters. The van der Waals surface area contributed by atoms with E-state index in [4.69, 9.17) is 17.3 Å². The van der Waals surface area contributed by atoms with Gasteiger partial charge in [-0.15, -0.1) is 0 Å². The molecule has 1 aromatic heterocycles. The minimum absolute atomic E-state index is 0.00644. The maximum Gasteiger partial charge on any atom is 0.171 e. The number of nitrogens with one attached hydrogen (secondary N) is 2. The topological polar surface area (TPSA) is 41.9 Å². The number of rotatable bonds is 4. The van der Waals surface area contributed by atoms with E-state index in [0.29, 0.717) is 5.11 Å². The number of benzene rings is 3. The summed E-state index contributed by atoms with van der Waals surface area (Å²) in [5.74, 6) is 0. The highest BCUT2D eigenvalue weighted by atomic mass is 32.1. The molecule has 31 heavy (non-hydrogen) atoms. The summed E-state index contributed by atoms with van der Waals surface area (Å²) in [7, 11) is 0. The Morgan fingerprint density at radius 2 is 1.45 bits per heavy atom. The van der Waals surface area contributed by atoms with Crippen LogP contribution >= 0.6 is 12.2 Å². The Morgan fingerprint density at radius 1 is 0.839 bits per heavy atom. The van der Waals surface area contributed by atoms with Crippen LogP contribution in [-0.4, -0.2) is 14.9 Å². The van der Waals surface area contributed by atoms with Crippen molar-refractivity contribution in [2.45, 2.75) is 13.0 Å². The molecule has 5 rings (SSSR count). The monoisotopic (exact) mass is 422 g/mol. The first-order chi connectivity index (χ1) is 15.2. The second kappa shape index (κ2) is 8.20. The van der Waals surface area contributed by atoms with Gasteiger partial charge in [-0.1, -0.05) is 78.9 Å². The molecule has 152 valence electrons. The van der Waals surface area contributed by atoms with Crippen LogP contribution < -0.4 is 10.6 Å². The Balaban J connectivity index is 1.71. The predicted molar refractivity (Wildman–Crippen MR) is 130 cm³/mol. The molecule has 0 saturated heterocycles. The summed E-state index contributed by atoms with van der Waals surface area (Å²) in [4.78, 5) is 0. The van der Waals surface area contributed by atoms with E-state index in [9.17, 15) is 0 Å². The van der Waals surface area contributed by atoms with Gasteiger partial charge in [0, 0.05) is 16.8 Å². The van der Waals surface area contributed by atoms with Gasteiger partial charge in [-0.3, -0.25) is 0 Å². The zero-order valence-corrected chi connectivity index (χ0v) is 17.9. The first-order valence-electron chi connectivity index (χ1n) is 10.3. The second-order valence-electron chi connectivity index (χ2n) is 7.49. The minimum atomic E-state index is -0.00644. The highest BCUT2D eigenvalue weighted by molar-refractivity contribution is 7.80. The lowest BCUT2D eigenvalue weighted by Crippen LogP contribution is -2.40. The largest absolute Gasteiger partial charge is 0.352 e. The standard InChI is InChI=1S/C26H22N4S/c1-18-24(23-17-22(27-26(31)28-23)19-11-5-2-6-12-19)25(20-13-7-3-8-14-20)30(29-18)21-15-9-4-10-16-21/h2-17,22H,1H3,(H2,27,28,31). The first kappa shape index (κ1) is 19.3. The molecule has 4 nitrogen and oxygen atoms in total. The fourth-order valence-electron chi connectivity index (χ4n) is 4.00. The predicted octanol–water partition coefficient (Wildman–Crippen LogP) is 5.41. The molecule has 4 aromatic rings. The van der Waals surface area contributed by atoms with E-state index in [1.165, 1.54) is 5.56 Å². The van der Waals surface area contributed by atoms with Crippen LogP contribution in [0.4, 0.5) is 0 Å². The molecule has 1 unspecified atom stereocenters. The number of thiocarbonyl (C=S) groups is 1. The molecular weight excluding hydrogens is 400 g/mol. The number of hydrogen-bond donors (Lipinski definition) is 2. The van der Waals surface area contributed by atoms with E-state index in [1.807, 2.05) is 54.1 Å². The van der Waals surface area contributed by atoms with E-state index in [-0.39, 0.29) is 6.04 Å². The van der Waals surface area contributed by atoms with Gasteiger partial charge in [0.1, 0.15) is 0 Å². The van der Waals surface area contributed by atoms with Crippen LogP contribution in [0.1, 0.15) is 22.9 Å². The van der Waals surface area contributed by atoms with Crippen LogP contribution in [0.2, 0.25) is 0 Å². The molecule has 0 saturated carbocycles. The number of aryl methyl sites for hydroxylation is 1. The van der Waals surface area contributed by atoms with Gasteiger partial charge < -0.3 is 10.6 Å². The Hall–Kier alpha value is -3.70. The molecule has 5 heteroatoms. The summed E-state index contributed by atoms with van der Waals surface area (Å²) in [5.41, 5.74) is 7.30. The summed E-state index contributed by atoms with van der Waals surface area (Å²) < 4.78 is 2.02. The zero-order valence-electron chi connectivity index (χ0n) is 17.1. The highest BCUT2D eigenvalue weighted by Gasteiger charge is 2.25. The van der Waals surface area contributed by atoms with Gasteiger partial charge in [0.05, 0.1) is 23.1 Å². The molecule has 0 bridgehead atoms. The smallest absolute Gasteiger partial charge is 0.171 e. The number of aromatic nitrogens is 2. The van der Waals surface area contributed by atoms with E-state index in [1.54, 1.807) is 0 Å². The van der Waals surface area contributed by atoms with Gasteiger partial charge in [-0.05, 0) is 42.9 Å². The van der Waals surface area contributed by atoms with E-state index < -0.39 is 0 Å². The first-order valence-corrected chi connectivity index (χ1v) is 10.7. The van der Waals surface area contributed by atoms with Crippen molar-refractivity contribution in [1.29, 1.82) is 0 Å². The van der Waals surface area contributed by atoms with Gasteiger partial charge in [0.15, 0.2) is 5.11 Å². The molecule has 2 N–H and O–H groups in total. The fraction of sp³-hybridized carbons (Fsp3) is 0.0769. The summed E-state index contributed by atoms with van der Waals surface area (Å²) in [6.45, 7) is 2.05. The van der Waals surface area contributed by atoms with Crippen LogP contribution in [0.5, 0.6) is 0 Å². The fourth-order valence-corrected chi connectivity index (χ4v) is 4.24. The van der Waals surface area contributed by atoms with Crippen LogP contribution in [0.25, 0.3) is 22.6 Å². The maximum absolute atomic E-state index is 5.57. The molecule has 3 aromatic carbocycles. The average molecular weight is 423 g/mol. The molecule has 1 aliphatic rings. The number of hydrogen-bond acceptors (Lipinski definition) is 2. The molecule has 1 aliphatic heterocycles. The SMILES string of the molecule is Cc1nn(-c2ccccc2)c(-c2ccccc2)c1C1=CC(c2ccccc2)NC(=S)N1. The Kier molecular flexibility index (Phi) is 5.10. The Labute approximate surface area is 187 Å². The minimum Gasteiger partial charge on any atom is -0.352 e. The lowest BCUT2D eigenvalue weighted by atomic mass is 9.98. The lowest BCUT2D eigenvalue weighted by molar-refractivity contribution is 0.765. The molecular formula is C26H22N4S. The van der Waals surface area contributed by atoms with Crippen molar-refractivity contribution in [2.24, 2.45) is 0 Å². The average Bonchev–Trinajstić information content (AvgIpc) is 3.17. The van der Waals surface area contributed by atoms with Crippen molar-refractivity contribution in [1.82, 2.24) is 20.4 Å². The van der Waals surface area contributed by atoms with Crippen molar-refractivity contribution >= 4 is 23.0 Å². The Bertz CT molecular complexity index is 1240. The van der Waals surface area contributed by atoms with Crippen molar-refractivity contribution in [2.75, 3.05) is 0 Å². The normalized spacial score (nSPS) is 15.7. The van der Waals surface area contributed by atoms with Crippen molar-refractivity contribution in [3.63, 3.8) is 0 Å². The second-order valence-corrected chi connectivity index (χ2v) is 7.90. The maximum atomic E-state index is 5.57. The third-order valence-electron chi connectivity index (χ3n) is 5.40. The quantitative estimate of drug-likeness (QED) is 0.432. The molecule has 2 heterocycles. The number of para-hydroxylation sites is 1. The lowest BCUT2D eigenvalue weighted by Gasteiger charge is -2.26. The molecule has 0 fully saturated rings. The third kappa shape index (κ3) is 3.76. The summed E-state index contributed by atoms with van der Waals surface area (Å²) in [6.07, 6.45) is 2.19. The molecule has 0 radical (unpaired) electrons. The van der Waals surface area contributed by atoms with Crippen LogP contribution in [0.3, 0.4) is 0 Å². The van der Waals surface area contributed by atoms with Crippen molar-refractivity contribution < 1.29 is 0 Å². The van der Waals surface area contributed by atoms with Crippen LogP contribution in [0.15, 0.2) is 97.1 Å². The van der Waals surface area contributed by atoms with Crippen molar-refractivity contribution in [3.05, 3.63) is 114 Å². The van der Waals surface area contributed by atoms with Gasteiger partial charge in [0.25, 0.3) is 0 Å². The van der Waals surface area contributed by atoms with Crippen LogP contribution in [0, 0.1) is 6.92 Å². The number of nitrogens with zero attached hydrogens (tertiary/aromatic N) is 2. The molecule has 0 spiro atoms. The van der Waals surface area contributed by atoms with Gasteiger partial charge >= 0.3 is 0 Å². The zero-order chi connectivity index (χ0) is 21.2. The van der Waals surface area contributed by atoms with E-state index in [0.717, 1.165) is 33.9 Å². The molecule has 0 amide bonds. The third-order valence-corrected chi connectivity index (χ3v) is 5.62. The van der Waals surface area contributed by atoms with Crippen molar-refractivity contribution in [3.8, 4) is 16.9 Å². The van der Waals surface area contributed by atoms with Gasteiger partial charge in [-0.2, -0.15) is 5.10 Å².